The van der Waals surface area contributed by atoms with Crippen molar-refractivity contribution in [1.29, 1.82) is 0 Å². The van der Waals surface area contributed by atoms with Crippen LogP contribution in [0, 0.1) is 22.8 Å². The Morgan fingerprint density at radius 1 is 1.29 bits per heavy atom. The van der Waals surface area contributed by atoms with E-state index in [0.29, 0.717) is 5.56 Å². The monoisotopic (exact) mass is 546 g/mol. The van der Waals surface area contributed by atoms with Crippen LogP contribution < -0.4 is 5.46 Å². The van der Waals surface area contributed by atoms with Gasteiger partial charge in [0.25, 0.3) is 0 Å². The second-order valence-electron chi connectivity index (χ2n) is 7.18. The van der Waals surface area contributed by atoms with Crippen molar-refractivity contribution in [3.05, 3.63) is 41.7 Å². The minimum absolute atomic E-state index is 0.00176. The van der Waals surface area contributed by atoms with Crippen LogP contribution in [0.2, 0.25) is 6.32 Å². The molecule has 0 saturated carbocycles. The van der Waals surface area contributed by atoms with Crippen LogP contribution >= 0.6 is 15.1 Å². The summed E-state index contributed by atoms with van der Waals surface area (Å²) < 4.78 is 21.3. The van der Waals surface area contributed by atoms with Gasteiger partial charge >= 0.3 is 163 Å². The van der Waals surface area contributed by atoms with Crippen LogP contribution in [0.4, 0.5) is 4.39 Å². The molecule has 2 bridgehead atoms. The summed E-state index contributed by atoms with van der Waals surface area (Å²) in [6.07, 6.45) is 0.949. The van der Waals surface area contributed by atoms with Gasteiger partial charge in [0.1, 0.15) is 0 Å². The Morgan fingerprint density at radius 3 is 2.83 bits per heavy atom. The normalized spacial score (nSPS) is 27.1. The van der Waals surface area contributed by atoms with E-state index < -0.39 is 7.12 Å². The Balaban J connectivity index is 2.08. The summed E-state index contributed by atoms with van der Waals surface area (Å²) in [7, 11) is 1.24. The number of halogens is 1. The molecule has 2 atom stereocenters. The van der Waals surface area contributed by atoms with Gasteiger partial charge in [0, 0.05) is 0 Å². The first-order valence-electron chi connectivity index (χ1n) is 7.95. The molecule has 2 aromatic rings. The molecule has 0 N–H and O–H groups in total. The van der Waals surface area contributed by atoms with Crippen LogP contribution in [0.5, 0.6) is 0 Å². The fourth-order valence-electron chi connectivity index (χ4n) is 3.74. The maximum atomic E-state index is 14.6. The van der Waals surface area contributed by atoms with Crippen LogP contribution in [-0.4, -0.2) is 36.5 Å². The Kier molecular flexibility index (Phi) is 4.32. The van der Waals surface area contributed by atoms with Crippen molar-refractivity contribution in [3.8, 4) is 11.6 Å². The van der Waals surface area contributed by atoms with Gasteiger partial charge in [0.05, 0.1) is 0 Å². The quantitative estimate of drug-likeness (QED) is 0.297. The van der Waals surface area contributed by atoms with E-state index in [1.807, 2.05) is 26.1 Å². The third kappa shape index (κ3) is 2.42. The average molecular weight is 546 g/mol. The first-order valence-corrected chi connectivity index (χ1v) is 16.3. The summed E-state index contributed by atoms with van der Waals surface area (Å²) in [5.74, 6) is 2.99. The van der Waals surface area contributed by atoms with Crippen molar-refractivity contribution in [1.82, 2.24) is 0 Å². The van der Waals surface area contributed by atoms with Crippen molar-refractivity contribution in [3.63, 3.8) is 0 Å². The fourth-order valence-corrected chi connectivity index (χ4v) is 15.9. The zero-order valence-corrected chi connectivity index (χ0v) is 20.1. The van der Waals surface area contributed by atoms with Gasteiger partial charge in [-0.3, -0.25) is 0 Å². The van der Waals surface area contributed by atoms with Crippen LogP contribution in [0.25, 0.3) is 10.8 Å². The topological polar surface area (TPSA) is 9.23 Å². The molecule has 0 aliphatic carbocycles. The molecule has 4 rings (SSSR count). The zero-order valence-electron chi connectivity index (χ0n) is 13.9. The molecule has 118 valence electrons. The molecule has 1 fully saturated rings. The molecule has 0 aromatic heterocycles. The van der Waals surface area contributed by atoms with Crippen molar-refractivity contribution >= 4 is 62.5 Å². The van der Waals surface area contributed by atoms with Gasteiger partial charge < -0.3 is 0 Å². The molecule has 1 nitrogen and oxygen atoms in total. The van der Waals surface area contributed by atoms with Crippen molar-refractivity contribution in [2.75, 3.05) is 0 Å². The number of hydrogen-bond donors (Lipinski definition) is 0. The third-order valence-corrected chi connectivity index (χ3v) is 16.8. The predicted octanol–water partition coefficient (Wildman–Crippen LogP) is 4.49. The Labute approximate surface area is 161 Å². The molecule has 2 aliphatic rings. The fraction of sp³-hybridized carbons (Fsp3) is 0.333. The Hall–Kier alpha value is -0.0830. The summed E-state index contributed by atoms with van der Waals surface area (Å²) in [6.45, 7) is 6.80. The van der Waals surface area contributed by atoms with E-state index in [1.54, 1.807) is 0 Å². The van der Waals surface area contributed by atoms with Crippen molar-refractivity contribution in [2.45, 2.75) is 32.4 Å². The SMILES string of the molecule is CC1(C)CB2OC1(C)P([S][Tl])C#Cc1c(F)ccc3cccc2c13. The third-order valence-electron chi connectivity index (χ3n) is 5.47. The second kappa shape index (κ2) is 5.98. The average Bonchev–Trinajstić information content (AvgIpc) is 2.81. The van der Waals surface area contributed by atoms with E-state index in [-0.39, 0.29) is 23.5 Å². The number of hydrogen-bond acceptors (Lipinski definition) is 2. The molecule has 2 heterocycles. The molecular weight excluding hydrogens is 529 g/mol. The van der Waals surface area contributed by atoms with Gasteiger partial charge in [0.2, 0.25) is 0 Å². The molecule has 1 saturated heterocycles. The molecule has 0 radical (unpaired) electrons. The number of rotatable bonds is 1. The van der Waals surface area contributed by atoms with E-state index in [0.717, 1.165) is 46.8 Å². The molecule has 2 unspecified atom stereocenters. The van der Waals surface area contributed by atoms with Crippen molar-refractivity contribution < 1.29 is 9.04 Å². The van der Waals surface area contributed by atoms with Gasteiger partial charge in [-0.05, 0) is 0 Å². The molecule has 6 heteroatoms. The summed E-state index contributed by atoms with van der Waals surface area (Å²) >= 11 is 0.787. The standard InChI is InChI=1S/C18H16BFOPS.Tl/c1-17(2)11-19-14-6-4-5-12-7-8-15(20)13(16(12)14)9-10-22(23)18(17,3)21-19;/h4-8H,11H2,1-3H3;/q-1;+1. The Bertz CT molecular complexity index is 909. The summed E-state index contributed by atoms with van der Waals surface area (Å²) in [6, 6.07) is 9.55. The second-order valence-corrected chi connectivity index (χ2v) is 18.2. The van der Waals surface area contributed by atoms with E-state index in [4.69, 9.17) is 4.65 Å². The first-order chi connectivity index (χ1) is 11.4. The number of benzene rings is 2. The molecule has 2 aliphatic heterocycles. The zero-order chi connectivity index (χ0) is 17.1. The molecule has 0 spiro atoms. The van der Waals surface area contributed by atoms with Crippen LogP contribution in [0.15, 0.2) is 30.3 Å². The molecule has 24 heavy (non-hydrogen) atoms. The van der Waals surface area contributed by atoms with Gasteiger partial charge in [-0.15, -0.1) is 0 Å². The molecular formula is C18H16BFOPSTl. The van der Waals surface area contributed by atoms with Gasteiger partial charge in [-0.25, -0.2) is 0 Å². The van der Waals surface area contributed by atoms with E-state index in [2.05, 4.69) is 38.4 Å². The summed E-state index contributed by atoms with van der Waals surface area (Å²) in [5.41, 5.74) is 5.12. The van der Waals surface area contributed by atoms with Gasteiger partial charge in [-0.1, -0.05) is 0 Å². The van der Waals surface area contributed by atoms with Crippen LogP contribution in [0.1, 0.15) is 26.3 Å². The minimum atomic E-state index is -0.679. The Morgan fingerprint density at radius 2 is 2.08 bits per heavy atom. The van der Waals surface area contributed by atoms with Crippen LogP contribution in [-0.2, 0) is 4.65 Å². The van der Waals surface area contributed by atoms with E-state index in [9.17, 15) is 4.39 Å². The van der Waals surface area contributed by atoms with Gasteiger partial charge in [0.15, 0.2) is 0 Å². The van der Waals surface area contributed by atoms with Gasteiger partial charge in [-0.2, -0.15) is 0 Å². The molecule has 0 amide bonds. The maximum absolute atomic E-state index is 14.6. The number of fused-ring (bicyclic) bond motifs is 3. The summed E-state index contributed by atoms with van der Waals surface area (Å²) in [4.78, 5) is 0. The van der Waals surface area contributed by atoms with Crippen LogP contribution in [0.3, 0.4) is 0 Å². The first kappa shape index (κ1) is 17.3. The predicted molar refractivity (Wildman–Crippen MR) is 105 cm³/mol. The molecule has 2 aromatic carbocycles. The van der Waals surface area contributed by atoms with E-state index in [1.165, 1.54) is 6.07 Å². The van der Waals surface area contributed by atoms with Crippen molar-refractivity contribution in [2.24, 2.45) is 5.41 Å². The summed E-state index contributed by atoms with van der Waals surface area (Å²) in [5, 5.41) is 1.72. The van der Waals surface area contributed by atoms with E-state index >= 15 is 0 Å².